The van der Waals surface area contributed by atoms with Gasteiger partial charge in [0, 0.05) is 39.2 Å². The second kappa shape index (κ2) is 11.0. The molecule has 3 nitrogen and oxygen atoms in total. The molecule has 0 spiro atoms. The first-order chi connectivity index (χ1) is 24.3. The molecule has 0 amide bonds. The molecule has 49 heavy (non-hydrogen) atoms. The minimum absolute atomic E-state index is 0.852. The van der Waals surface area contributed by atoms with Crippen molar-refractivity contribution < 1.29 is 8.83 Å². The zero-order chi connectivity index (χ0) is 32.3. The summed E-state index contributed by atoms with van der Waals surface area (Å²) in [5.74, 6) is 0. The lowest BCUT2D eigenvalue weighted by Crippen LogP contribution is -2.10. The van der Waals surface area contributed by atoms with Crippen LogP contribution in [-0.2, 0) is 0 Å². The highest BCUT2D eigenvalue weighted by Gasteiger charge is 2.23. The van der Waals surface area contributed by atoms with Crippen molar-refractivity contribution >= 4 is 71.7 Å². The van der Waals surface area contributed by atoms with Gasteiger partial charge in [0.1, 0.15) is 22.3 Å². The van der Waals surface area contributed by atoms with Gasteiger partial charge in [-0.2, -0.15) is 0 Å². The highest BCUT2D eigenvalue weighted by Crippen LogP contribution is 2.47. The number of fused-ring (bicyclic) bond motifs is 7. The van der Waals surface area contributed by atoms with Crippen LogP contribution in [-0.4, -0.2) is 0 Å². The molecule has 0 bridgehead atoms. The van der Waals surface area contributed by atoms with Crippen molar-refractivity contribution in [1.82, 2.24) is 0 Å². The van der Waals surface area contributed by atoms with E-state index in [0.717, 1.165) is 72.1 Å². The summed E-state index contributed by atoms with van der Waals surface area (Å²) in [4.78, 5) is 2.33. The Morgan fingerprint density at radius 1 is 0.367 bits per heavy atom. The molecule has 0 atom stereocenters. The van der Waals surface area contributed by atoms with Gasteiger partial charge in [-0.15, -0.1) is 0 Å². The molecule has 0 saturated heterocycles. The number of rotatable bonds is 5. The number of para-hydroxylation sites is 2. The third kappa shape index (κ3) is 4.44. The minimum Gasteiger partial charge on any atom is -0.456 e. The van der Waals surface area contributed by atoms with Crippen LogP contribution in [0.25, 0.3) is 76.9 Å². The SMILES string of the molecule is c1ccc(-c2ccc(N(c3ccc(-c4cccc5ccccc45)cc3)c3ccc4c(c3)oc3ccccc34)c3c2oc2ccccc23)cc1. The predicted molar refractivity (Wildman–Crippen MR) is 204 cm³/mol. The Hall–Kier alpha value is -6.58. The summed E-state index contributed by atoms with van der Waals surface area (Å²) >= 11 is 0. The maximum Gasteiger partial charge on any atom is 0.145 e. The molecule has 0 radical (unpaired) electrons. The molecule has 0 aliphatic rings. The van der Waals surface area contributed by atoms with Crippen LogP contribution < -0.4 is 4.90 Å². The first-order valence-electron chi connectivity index (χ1n) is 16.6. The summed E-state index contributed by atoms with van der Waals surface area (Å²) in [6.45, 7) is 0. The predicted octanol–water partition coefficient (Wildman–Crippen LogP) is 13.4. The lowest BCUT2D eigenvalue weighted by Gasteiger charge is -2.27. The lowest BCUT2D eigenvalue weighted by atomic mass is 9.97. The van der Waals surface area contributed by atoms with Crippen molar-refractivity contribution in [3.8, 4) is 22.3 Å². The molecule has 10 aromatic rings. The van der Waals surface area contributed by atoms with Crippen LogP contribution in [0.15, 0.2) is 185 Å². The lowest BCUT2D eigenvalue weighted by molar-refractivity contribution is 0.669. The number of benzene rings is 8. The van der Waals surface area contributed by atoms with Crippen molar-refractivity contribution in [2.24, 2.45) is 0 Å². The Morgan fingerprint density at radius 3 is 1.84 bits per heavy atom. The quantitative estimate of drug-likeness (QED) is 0.190. The van der Waals surface area contributed by atoms with Gasteiger partial charge < -0.3 is 13.7 Å². The van der Waals surface area contributed by atoms with Crippen LogP contribution in [0.5, 0.6) is 0 Å². The van der Waals surface area contributed by atoms with Crippen LogP contribution >= 0.6 is 0 Å². The number of nitrogens with zero attached hydrogens (tertiary/aromatic N) is 1. The molecule has 0 fully saturated rings. The van der Waals surface area contributed by atoms with Crippen molar-refractivity contribution in [3.63, 3.8) is 0 Å². The average Bonchev–Trinajstić information content (AvgIpc) is 3.74. The van der Waals surface area contributed by atoms with Crippen molar-refractivity contribution in [2.45, 2.75) is 0 Å². The monoisotopic (exact) mass is 627 g/mol. The zero-order valence-electron chi connectivity index (χ0n) is 26.5. The van der Waals surface area contributed by atoms with Crippen molar-refractivity contribution in [1.29, 1.82) is 0 Å². The van der Waals surface area contributed by atoms with Crippen LogP contribution in [0.3, 0.4) is 0 Å². The molecule has 0 unspecified atom stereocenters. The second-order valence-corrected chi connectivity index (χ2v) is 12.5. The van der Waals surface area contributed by atoms with Crippen LogP contribution in [0.2, 0.25) is 0 Å². The molecular weight excluding hydrogens is 599 g/mol. The fourth-order valence-corrected chi connectivity index (χ4v) is 7.39. The fraction of sp³-hybridized carbons (Fsp3) is 0. The van der Waals surface area contributed by atoms with E-state index in [2.05, 4.69) is 157 Å². The van der Waals surface area contributed by atoms with E-state index in [0.29, 0.717) is 0 Å². The van der Waals surface area contributed by atoms with E-state index in [4.69, 9.17) is 8.83 Å². The first-order valence-corrected chi connectivity index (χ1v) is 16.6. The number of anilines is 3. The maximum absolute atomic E-state index is 6.68. The third-order valence-corrected chi connectivity index (χ3v) is 9.68. The van der Waals surface area contributed by atoms with Gasteiger partial charge in [-0.1, -0.05) is 121 Å². The van der Waals surface area contributed by atoms with E-state index in [9.17, 15) is 0 Å². The van der Waals surface area contributed by atoms with E-state index >= 15 is 0 Å². The number of hydrogen-bond donors (Lipinski definition) is 0. The zero-order valence-corrected chi connectivity index (χ0v) is 26.5. The summed E-state index contributed by atoms with van der Waals surface area (Å²) in [6.07, 6.45) is 0. The Balaban J connectivity index is 1.22. The highest BCUT2D eigenvalue weighted by molar-refractivity contribution is 6.17. The summed E-state index contributed by atoms with van der Waals surface area (Å²) in [7, 11) is 0. The summed E-state index contributed by atoms with van der Waals surface area (Å²) < 4.78 is 13.1. The second-order valence-electron chi connectivity index (χ2n) is 12.5. The third-order valence-electron chi connectivity index (χ3n) is 9.68. The number of furan rings is 2. The topological polar surface area (TPSA) is 29.5 Å². The van der Waals surface area contributed by atoms with Crippen LogP contribution in [0.4, 0.5) is 17.1 Å². The van der Waals surface area contributed by atoms with Crippen LogP contribution in [0, 0.1) is 0 Å². The van der Waals surface area contributed by atoms with E-state index in [1.54, 1.807) is 0 Å². The van der Waals surface area contributed by atoms with Gasteiger partial charge in [0.15, 0.2) is 0 Å². The van der Waals surface area contributed by atoms with Crippen molar-refractivity contribution in [2.75, 3.05) is 4.90 Å². The van der Waals surface area contributed by atoms with Crippen LogP contribution in [0.1, 0.15) is 0 Å². The largest absolute Gasteiger partial charge is 0.456 e. The summed E-state index contributed by atoms with van der Waals surface area (Å²) in [5, 5.41) is 6.84. The molecule has 2 aromatic heterocycles. The highest BCUT2D eigenvalue weighted by atomic mass is 16.3. The molecular formula is C46H29NO2. The van der Waals surface area contributed by atoms with Gasteiger partial charge in [0.25, 0.3) is 0 Å². The van der Waals surface area contributed by atoms with Crippen molar-refractivity contribution in [3.05, 3.63) is 176 Å². The number of hydrogen-bond acceptors (Lipinski definition) is 3. The molecule has 2 heterocycles. The van der Waals surface area contributed by atoms with E-state index in [-0.39, 0.29) is 0 Å². The molecule has 0 N–H and O–H groups in total. The Labute approximate surface area is 282 Å². The summed E-state index contributed by atoms with van der Waals surface area (Å²) in [5.41, 5.74) is 11.1. The molecule has 10 rings (SSSR count). The van der Waals surface area contributed by atoms with E-state index in [1.165, 1.54) is 21.9 Å². The molecule has 230 valence electrons. The maximum atomic E-state index is 6.68. The van der Waals surface area contributed by atoms with Gasteiger partial charge >= 0.3 is 0 Å². The van der Waals surface area contributed by atoms with Gasteiger partial charge in [0.2, 0.25) is 0 Å². The Kier molecular flexibility index (Phi) is 6.18. The molecule has 0 aliphatic carbocycles. The first kappa shape index (κ1) is 27.5. The molecule has 3 heteroatoms. The van der Waals surface area contributed by atoms with E-state index < -0.39 is 0 Å². The van der Waals surface area contributed by atoms with Gasteiger partial charge in [-0.25, -0.2) is 0 Å². The molecule has 0 saturated carbocycles. The standard InChI is InChI=1S/C46H29NO2/c1-2-11-31(12-3-1)37-27-28-41(45-40-17-7-9-20-43(40)49-46(37)45)47(34-25-26-39-38-16-6-8-19-42(38)48-44(39)29-34)33-23-21-32(22-24-33)36-18-10-14-30-13-4-5-15-35(30)36/h1-29H. The smallest absolute Gasteiger partial charge is 0.145 e. The fourth-order valence-electron chi connectivity index (χ4n) is 7.39. The minimum atomic E-state index is 0.852. The Morgan fingerprint density at radius 2 is 1.00 bits per heavy atom. The van der Waals surface area contributed by atoms with Gasteiger partial charge in [0.05, 0.1) is 11.1 Å². The Bertz CT molecular complexity index is 2820. The van der Waals surface area contributed by atoms with Gasteiger partial charge in [-0.3, -0.25) is 0 Å². The van der Waals surface area contributed by atoms with Gasteiger partial charge in [-0.05, 0) is 76.0 Å². The van der Waals surface area contributed by atoms with E-state index in [1.807, 2.05) is 24.3 Å². The average molecular weight is 628 g/mol. The molecule has 8 aromatic carbocycles. The normalized spacial score (nSPS) is 11.7. The molecule has 0 aliphatic heterocycles. The summed E-state index contributed by atoms with van der Waals surface area (Å²) in [6, 6.07) is 62.0.